The van der Waals surface area contributed by atoms with Gasteiger partial charge in [-0.2, -0.15) is 5.26 Å². The van der Waals surface area contributed by atoms with Crippen LogP contribution in [-0.4, -0.2) is 73.6 Å². The van der Waals surface area contributed by atoms with Crippen molar-refractivity contribution in [3.05, 3.63) is 22.9 Å². The lowest BCUT2D eigenvalue weighted by molar-refractivity contribution is -0.121. The molecule has 148 valence electrons. The molecule has 2 amide bonds. The number of likely N-dealkylation sites (tertiary alicyclic amines) is 1. The van der Waals surface area contributed by atoms with Crippen LogP contribution in [-0.2, 0) is 14.3 Å². The Morgan fingerprint density at radius 1 is 1.50 bits per heavy atom. The van der Waals surface area contributed by atoms with Crippen molar-refractivity contribution < 1.29 is 14.3 Å². The fourth-order valence-corrected chi connectivity index (χ4v) is 3.48. The molecule has 1 saturated heterocycles. The normalized spacial score (nSPS) is 23.6. The van der Waals surface area contributed by atoms with Gasteiger partial charge in [0.05, 0.1) is 17.0 Å². The first-order valence-electron chi connectivity index (χ1n) is 9.23. The minimum absolute atomic E-state index is 0.00700. The number of allylic oxidation sites excluding steroid dienone is 1. The van der Waals surface area contributed by atoms with Gasteiger partial charge in [0.25, 0.3) is 5.91 Å². The van der Waals surface area contributed by atoms with Gasteiger partial charge in [0.2, 0.25) is 5.91 Å². The lowest BCUT2D eigenvalue weighted by Crippen LogP contribution is -2.45. The van der Waals surface area contributed by atoms with Gasteiger partial charge < -0.3 is 20.7 Å². The first-order valence-corrected chi connectivity index (χ1v) is 9.23. The number of nitrogens with two attached hydrogens (primary N) is 1. The monoisotopic (exact) mass is 384 g/mol. The lowest BCUT2D eigenvalue weighted by Gasteiger charge is -2.41. The fourth-order valence-electron chi connectivity index (χ4n) is 3.48. The molecule has 3 aliphatic rings. The maximum Gasteiger partial charge on any atom is 0.290 e. The molecule has 3 N–H and O–H groups in total. The Balaban J connectivity index is 1.94. The predicted octanol–water partition coefficient (Wildman–Crippen LogP) is -0.300. The van der Waals surface area contributed by atoms with Crippen molar-refractivity contribution in [1.82, 2.24) is 10.2 Å². The number of amides is 2. The highest BCUT2D eigenvalue weighted by molar-refractivity contribution is 6.44. The summed E-state index contributed by atoms with van der Waals surface area (Å²) in [5.41, 5.74) is 6.70. The molecule has 9 nitrogen and oxygen atoms in total. The Morgan fingerprint density at radius 2 is 2.21 bits per heavy atom. The van der Waals surface area contributed by atoms with E-state index in [0.717, 1.165) is 12.8 Å². The summed E-state index contributed by atoms with van der Waals surface area (Å²) < 4.78 is 5.58. The number of methoxy groups -OCH3 is 1. The Morgan fingerprint density at radius 3 is 2.82 bits per heavy atom. The number of ether oxygens (including phenoxy) is 1. The number of nitrogens with one attached hydrogen (secondary N) is 1. The molecule has 1 fully saturated rings. The highest BCUT2D eigenvalue weighted by Gasteiger charge is 2.37. The van der Waals surface area contributed by atoms with Gasteiger partial charge in [-0.3, -0.25) is 14.6 Å². The van der Waals surface area contributed by atoms with E-state index in [0.29, 0.717) is 43.2 Å². The van der Waals surface area contributed by atoms with Crippen LogP contribution in [0.1, 0.15) is 19.8 Å². The average Bonchev–Trinajstić information content (AvgIpc) is 2.71. The molecule has 0 bridgehead atoms. The summed E-state index contributed by atoms with van der Waals surface area (Å²) in [5, 5.41) is 12.3. The minimum atomic E-state index is -0.752. The van der Waals surface area contributed by atoms with Gasteiger partial charge in [-0.1, -0.05) is 0 Å². The molecular weight excluding hydrogens is 360 g/mol. The first kappa shape index (κ1) is 19.9. The molecule has 9 heteroatoms. The van der Waals surface area contributed by atoms with Crippen molar-refractivity contribution in [2.45, 2.75) is 31.4 Å². The van der Waals surface area contributed by atoms with Crippen molar-refractivity contribution in [2.75, 3.05) is 33.3 Å². The van der Waals surface area contributed by atoms with Gasteiger partial charge in [-0.15, -0.1) is 0 Å². The van der Waals surface area contributed by atoms with Crippen molar-refractivity contribution in [2.24, 2.45) is 15.7 Å². The highest BCUT2D eigenvalue weighted by Crippen LogP contribution is 2.33. The van der Waals surface area contributed by atoms with Crippen LogP contribution in [0.4, 0.5) is 0 Å². The summed E-state index contributed by atoms with van der Waals surface area (Å²) >= 11 is 0. The number of nitrogens with zero attached hydrogens (tertiary/aromatic N) is 4. The predicted molar refractivity (Wildman–Crippen MR) is 104 cm³/mol. The number of nitriles is 1. The molecule has 3 rings (SSSR count). The molecule has 28 heavy (non-hydrogen) atoms. The van der Waals surface area contributed by atoms with Crippen LogP contribution in [0.15, 0.2) is 32.9 Å². The van der Waals surface area contributed by atoms with Crippen LogP contribution in [0, 0.1) is 11.3 Å². The third-order valence-corrected chi connectivity index (χ3v) is 5.34. The fraction of sp³-hybridized carbons (Fsp3) is 0.526. The third-order valence-electron chi connectivity index (χ3n) is 5.34. The molecule has 3 heterocycles. The summed E-state index contributed by atoms with van der Waals surface area (Å²) in [7, 11) is 1.69. The second kappa shape index (κ2) is 8.04. The molecule has 3 aliphatic heterocycles. The molecule has 0 aromatic heterocycles. The van der Waals surface area contributed by atoms with Crippen molar-refractivity contribution >= 4 is 23.7 Å². The number of dihydropyridines is 2. The quantitative estimate of drug-likeness (QED) is 0.669. The van der Waals surface area contributed by atoms with Crippen LogP contribution >= 0.6 is 0 Å². The van der Waals surface area contributed by atoms with Crippen molar-refractivity contribution in [1.29, 1.82) is 5.26 Å². The maximum atomic E-state index is 12.4. The summed E-state index contributed by atoms with van der Waals surface area (Å²) in [6.07, 6.45) is 4.60. The first-order chi connectivity index (χ1) is 13.4. The third kappa shape index (κ3) is 3.74. The number of carbonyl (C=O) groups is 2. The van der Waals surface area contributed by atoms with Crippen molar-refractivity contribution in [3.63, 3.8) is 0 Å². The van der Waals surface area contributed by atoms with Gasteiger partial charge in [0, 0.05) is 45.1 Å². The summed E-state index contributed by atoms with van der Waals surface area (Å²) in [6, 6.07) is 1.24. The van der Waals surface area contributed by atoms with Crippen molar-refractivity contribution in [3.8, 4) is 6.07 Å². The topological polar surface area (TPSA) is 133 Å². The molecule has 0 aliphatic carbocycles. The zero-order chi connectivity index (χ0) is 20.3. The average molecular weight is 384 g/mol. The van der Waals surface area contributed by atoms with Gasteiger partial charge in [-0.25, -0.2) is 4.99 Å². The van der Waals surface area contributed by atoms with Crippen LogP contribution in [0.5, 0.6) is 0 Å². The van der Waals surface area contributed by atoms with Crippen LogP contribution in [0.25, 0.3) is 0 Å². The van der Waals surface area contributed by atoms with E-state index in [1.54, 1.807) is 13.2 Å². The molecule has 0 saturated carbocycles. The second-order valence-electron chi connectivity index (χ2n) is 7.16. The molecule has 0 spiro atoms. The zero-order valence-corrected chi connectivity index (χ0v) is 16.1. The highest BCUT2D eigenvalue weighted by atomic mass is 16.5. The molecule has 0 aromatic rings. The molecule has 0 aromatic carbocycles. The van der Waals surface area contributed by atoms with E-state index in [1.165, 1.54) is 6.21 Å². The van der Waals surface area contributed by atoms with Gasteiger partial charge in [-0.05, 0) is 25.8 Å². The maximum absolute atomic E-state index is 12.4. The Hall–Kier alpha value is -2.83. The van der Waals surface area contributed by atoms with E-state index in [1.807, 2.05) is 17.9 Å². The largest absolute Gasteiger partial charge is 0.378 e. The summed E-state index contributed by atoms with van der Waals surface area (Å²) in [4.78, 5) is 34.9. The Kier molecular flexibility index (Phi) is 5.72. The lowest BCUT2D eigenvalue weighted by atomic mass is 9.89. The number of aliphatic imine (C=N–C) groups is 2. The number of rotatable bonds is 5. The number of piperidine rings is 1. The van der Waals surface area contributed by atoms with Crippen LogP contribution in [0.3, 0.4) is 0 Å². The molecule has 1 unspecified atom stereocenters. The number of hydrogen-bond donors (Lipinski definition) is 2. The van der Waals surface area contributed by atoms with Gasteiger partial charge >= 0.3 is 0 Å². The summed E-state index contributed by atoms with van der Waals surface area (Å²) in [6.45, 7) is 3.98. The van der Waals surface area contributed by atoms with Gasteiger partial charge in [0.15, 0.2) is 0 Å². The molecule has 1 atom stereocenters. The molecular formula is C19H24N6O3. The van der Waals surface area contributed by atoms with E-state index in [-0.39, 0.29) is 17.1 Å². The summed E-state index contributed by atoms with van der Waals surface area (Å²) in [5.74, 6) is -0.865. The van der Waals surface area contributed by atoms with Gasteiger partial charge in [0.1, 0.15) is 17.7 Å². The standard InChI is InChI=1S/C19H24N6O3/c1-19(28-2)3-7-25(8-4-19)16-12-9-14(18(27)22-6-5-20)23-11-15(12)24-17(26)13(16)10-21/h9,11,14H,3-8,20H2,1-2H3,(H,22,27). The second-order valence-corrected chi connectivity index (χ2v) is 7.16. The Bertz CT molecular complexity index is 840. The van der Waals surface area contributed by atoms with E-state index in [9.17, 15) is 14.9 Å². The smallest absolute Gasteiger partial charge is 0.290 e. The zero-order valence-electron chi connectivity index (χ0n) is 16.1. The Labute approximate surface area is 163 Å². The van der Waals surface area contributed by atoms with Crippen LogP contribution < -0.4 is 11.1 Å². The minimum Gasteiger partial charge on any atom is -0.378 e. The number of fused-ring (bicyclic) bond motifs is 1. The van der Waals surface area contributed by atoms with Crippen LogP contribution in [0.2, 0.25) is 0 Å². The van der Waals surface area contributed by atoms with E-state index >= 15 is 0 Å². The van der Waals surface area contributed by atoms with E-state index < -0.39 is 11.9 Å². The SMILES string of the molecule is COC1(C)CCN(C2=C(C#N)C(=O)N=C3C=NC(C(=O)NCCN)C=C32)CC1. The number of carbonyl (C=O) groups excluding carboxylic acids is 2. The van der Waals surface area contributed by atoms with E-state index in [2.05, 4.69) is 15.3 Å². The van der Waals surface area contributed by atoms with E-state index in [4.69, 9.17) is 10.5 Å². The number of hydrogen-bond acceptors (Lipinski definition) is 7. The molecule has 0 radical (unpaired) electrons.